The second-order valence-electron chi connectivity index (χ2n) is 5.09. The fourth-order valence-corrected chi connectivity index (χ4v) is 3.75. The Morgan fingerprint density at radius 2 is 1.86 bits per heavy atom. The highest BCUT2D eigenvalue weighted by molar-refractivity contribution is 7.89. The van der Waals surface area contributed by atoms with E-state index in [1.165, 1.54) is 0 Å². The standard InChI is InChI=1S/C15H21N3O2S/c1-17-10-3-11-18(13-12-17)21(19,20)15-7-5-14(6-8-15)4-2-9-16/h5-8H,3,9-13,16H2,1H3. The number of rotatable bonds is 2. The van der Waals surface area contributed by atoms with Crippen molar-refractivity contribution in [1.82, 2.24) is 9.21 Å². The molecule has 2 N–H and O–H groups in total. The van der Waals surface area contributed by atoms with Crippen molar-refractivity contribution in [3.8, 4) is 11.8 Å². The van der Waals surface area contributed by atoms with Gasteiger partial charge in [0, 0.05) is 25.2 Å². The lowest BCUT2D eigenvalue weighted by Crippen LogP contribution is -2.34. The second kappa shape index (κ2) is 7.05. The van der Waals surface area contributed by atoms with Crippen LogP contribution in [0, 0.1) is 11.8 Å². The molecule has 114 valence electrons. The molecule has 6 heteroatoms. The Bertz CT molecular complexity index is 629. The van der Waals surface area contributed by atoms with Crippen molar-refractivity contribution in [2.75, 3.05) is 39.8 Å². The molecule has 0 radical (unpaired) electrons. The van der Waals surface area contributed by atoms with E-state index in [9.17, 15) is 8.42 Å². The molecule has 2 rings (SSSR count). The topological polar surface area (TPSA) is 66.6 Å². The first-order valence-corrected chi connectivity index (χ1v) is 8.46. The Labute approximate surface area is 126 Å². The lowest BCUT2D eigenvalue weighted by molar-refractivity contribution is 0.347. The SMILES string of the molecule is CN1CCCN(S(=O)(=O)c2ccc(C#CCN)cc2)CC1. The van der Waals surface area contributed by atoms with E-state index in [-0.39, 0.29) is 0 Å². The Hall–Kier alpha value is -1.39. The molecule has 0 unspecified atom stereocenters. The second-order valence-corrected chi connectivity index (χ2v) is 7.03. The summed E-state index contributed by atoms with van der Waals surface area (Å²) >= 11 is 0. The van der Waals surface area contributed by atoms with E-state index in [1.54, 1.807) is 28.6 Å². The molecule has 1 aromatic carbocycles. The zero-order chi connectivity index (χ0) is 15.3. The maximum Gasteiger partial charge on any atom is 0.243 e. The summed E-state index contributed by atoms with van der Waals surface area (Å²) in [4.78, 5) is 2.48. The third kappa shape index (κ3) is 4.05. The van der Waals surface area contributed by atoms with Gasteiger partial charge in [-0.2, -0.15) is 4.31 Å². The molecule has 0 aromatic heterocycles. The van der Waals surface area contributed by atoms with Gasteiger partial charge in [-0.3, -0.25) is 0 Å². The van der Waals surface area contributed by atoms with Crippen molar-refractivity contribution in [2.24, 2.45) is 5.73 Å². The number of hydrogen-bond donors (Lipinski definition) is 1. The van der Waals surface area contributed by atoms with E-state index in [0.29, 0.717) is 24.5 Å². The summed E-state index contributed by atoms with van der Waals surface area (Å²) < 4.78 is 26.8. The van der Waals surface area contributed by atoms with Gasteiger partial charge in [-0.1, -0.05) is 11.8 Å². The van der Waals surface area contributed by atoms with Crippen LogP contribution >= 0.6 is 0 Å². The molecular weight excluding hydrogens is 286 g/mol. The van der Waals surface area contributed by atoms with Crippen LogP contribution < -0.4 is 5.73 Å². The monoisotopic (exact) mass is 307 g/mol. The van der Waals surface area contributed by atoms with Gasteiger partial charge >= 0.3 is 0 Å². The molecule has 0 aliphatic carbocycles. The van der Waals surface area contributed by atoms with Crippen molar-refractivity contribution in [2.45, 2.75) is 11.3 Å². The van der Waals surface area contributed by atoms with Crippen LogP contribution in [0.4, 0.5) is 0 Å². The van der Waals surface area contributed by atoms with E-state index in [4.69, 9.17) is 5.73 Å². The first-order valence-electron chi connectivity index (χ1n) is 7.02. The molecule has 0 bridgehead atoms. The van der Waals surface area contributed by atoms with Crippen LogP contribution in [0.5, 0.6) is 0 Å². The normalized spacial score (nSPS) is 17.8. The first-order chi connectivity index (χ1) is 10.0. The Morgan fingerprint density at radius 1 is 1.14 bits per heavy atom. The molecule has 1 saturated heterocycles. The van der Waals surface area contributed by atoms with Gasteiger partial charge < -0.3 is 10.6 Å². The fourth-order valence-electron chi connectivity index (χ4n) is 2.28. The predicted octanol–water partition coefficient (Wildman–Crippen LogP) is 0.323. The summed E-state index contributed by atoms with van der Waals surface area (Å²) in [5.41, 5.74) is 6.09. The fraction of sp³-hybridized carbons (Fsp3) is 0.467. The number of likely N-dealkylation sites (N-methyl/N-ethyl adjacent to an activating group) is 1. The molecule has 21 heavy (non-hydrogen) atoms. The molecule has 0 spiro atoms. The van der Waals surface area contributed by atoms with Gasteiger partial charge in [0.25, 0.3) is 0 Å². The summed E-state index contributed by atoms with van der Waals surface area (Å²) in [5, 5.41) is 0. The van der Waals surface area contributed by atoms with Gasteiger partial charge in [-0.15, -0.1) is 0 Å². The third-order valence-electron chi connectivity index (χ3n) is 3.51. The van der Waals surface area contributed by atoms with Crippen molar-refractivity contribution in [3.05, 3.63) is 29.8 Å². The minimum absolute atomic E-state index is 0.293. The zero-order valence-corrected chi connectivity index (χ0v) is 13.1. The molecule has 1 aliphatic rings. The summed E-state index contributed by atoms with van der Waals surface area (Å²) in [6.45, 7) is 3.09. The summed E-state index contributed by atoms with van der Waals surface area (Å²) in [7, 11) is -1.40. The van der Waals surface area contributed by atoms with Crippen LogP contribution in [0.1, 0.15) is 12.0 Å². The molecule has 1 fully saturated rings. The van der Waals surface area contributed by atoms with Gasteiger partial charge in [0.15, 0.2) is 0 Å². The Morgan fingerprint density at radius 3 is 2.52 bits per heavy atom. The van der Waals surface area contributed by atoms with Crippen LogP contribution in [0.25, 0.3) is 0 Å². The molecule has 1 heterocycles. The van der Waals surface area contributed by atoms with Crippen LogP contribution in [0.2, 0.25) is 0 Å². The molecular formula is C15H21N3O2S. The molecule has 0 atom stereocenters. The third-order valence-corrected chi connectivity index (χ3v) is 5.42. The van der Waals surface area contributed by atoms with Crippen molar-refractivity contribution >= 4 is 10.0 Å². The number of sulfonamides is 1. The van der Waals surface area contributed by atoms with Crippen LogP contribution in [-0.4, -0.2) is 57.4 Å². The van der Waals surface area contributed by atoms with E-state index < -0.39 is 10.0 Å². The van der Waals surface area contributed by atoms with E-state index in [1.807, 2.05) is 7.05 Å². The number of benzene rings is 1. The van der Waals surface area contributed by atoms with E-state index in [0.717, 1.165) is 25.1 Å². The molecule has 1 aliphatic heterocycles. The maximum absolute atomic E-state index is 12.6. The average molecular weight is 307 g/mol. The Kier molecular flexibility index (Phi) is 5.37. The first kappa shape index (κ1) is 16.0. The van der Waals surface area contributed by atoms with Crippen LogP contribution in [-0.2, 0) is 10.0 Å². The smallest absolute Gasteiger partial charge is 0.243 e. The number of nitrogens with two attached hydrogens (primary N) is 1. The van der Waals surface area contributed by atoms with Crippen molar-refractivity contribution < 1.29 is 8.42 Å². The van der Waals surface area contributed by atoms with E-state index in [2.05, 4.69) is 16.7 Å². The lowest BCUT2D eigenvalue weighted by atomic mass is 10.2. The van der Waals surface area contributed by atoms with Crippen molar-refractivity contribution in [3.63, 3.8) is 0 Å². The number of hydrogen-bond acceptors (Lipinski definition) is 4. The summed E-state index contributed by atoms with van der Waals surface area (Å²) in [6, 6.07) is 6.67. The number of nitrogens with zero attached hydrogens (tertiary/aromatic N) is 2. The van der Waals surface area contributed by atoms with Crippen LogP contribution in [0.3, 0.4) is 0 Å². The maximum atomic E-state index is 12.6. The van der Waals surface area contributed by atoms with Gasteiger partial charge in [0.2, 0.25) is 10.0 Å². The van der Waals surface area contributed by atoms with Gasteiger partial charge in [0.05, 0.1) is 11.4 Å². The summed E-state index contributed by atoms with van der Waals surface area (Å²) in [6.07, 6.45) is 0.857. The average Bonchev–Trinajstić information content (AvgIpc) is 2.70. The highest BCUT2D eigenvalue weighted by atomic mass is 32.2. The van der Waals surface area contributed by atoms with E-state index >= 15 is 0 Å². The zero-order valence-electron chi connectivity index (χ0n) is 12.2. The lowest BCUT2D eigenvalue weighted by Gasteiger charge is -2.20. The minimum atomic E-state index is -3.41. The van der Waals surface area contributed by atoms with Gasteiger partial charge in [0.1, 0.15) is 0 Å². The Balaban J connectivity index is 2.18. The highest BCUT2D eigenvalue weighted by Crippen LogP contribution is 2.18. The van der Waals surface area contributed by atoms with Gasteiger partial charge in [-0.25, -0.2) is 8.42 Å². The molecule has 0 saturated carbocycles. The highest BCUT2D eigenvalue weighted by Gasteiger charge is 2.25. The largest absolute Gasteiger partial charge is 0.320 e. The van der Waals surface area contributed by atoms with Crippen LogP contribution in [0.15, 0.2) is 29.2 Å². The molecule has 5 nitrogen and oxygen atoms in total. The minimum Gasteiger partial charge on any atom is -0.320 e. The molecule has 1 aromatic rings. The molecule has 0 amide bonds. The quantitative estimate of drug-likeness (QED) is 0.799. The van der Waals surface area contributed by atoms with Gasteiger partial charge in [-0.05, 0) is 44.3 Å². The summed E-state index contributed by atoms with van der Waals surface area (Å²) in [5.74, 6) is 5.64. The predicted molar refractivity (Wildman–Crippen MR) is 83.2 cm³/mol. The van der Waals surface area contributed by atoms with Crippen molar-refractivity contribution in [1.29, 1.82) is 0 Å².